The van der Waals surface area contributed by atoms with Gasteiger partial charge >= 0.3 is 0 Å². The normalized spacial score (nSPS) is 10.6. The molecule has 3 aromatic rings. The molecule has 0 amide bonds. The number of ether oxygens (including phenoxy) is 2. The van der Waals surface area contributed by atoms with Crippen molar-refractivity contribution in [1.29, 1.82) is 0 Å². The first kappa shape index (κ1) is 15.0. The summed E-state index contributed by atoms with van der Waals surface area (Å²) in [5.74, 6) is 2.00. The maximum Gasteiger partial charge on any atom is 0.163 e. The van der Waals surface area contributed by atoms with E-state index >= 15 is 0 Å². The summed E-state index contributed by atoms with van der Waals surface area (Å²) < 4.78 is 10.7. The molecule has 3 rings (SSSR count). The Hall–Kier alpha value is -2.89. The molecule has 0 radical (unpaired) electrons. The molecule has 1 N–H and O–H groups in total. The minimum atomic E-state index is 0.631. The van der Waals surface area contributed by atoms with Crippen molar-refractivity contribution in [3.8, 4) is 22.8 Å². The summed E-state index contributed by atoms with van der Waals surface area (Å²) in [6.45, 7) is 2.78. The van der Waals surface area contributed by atoms with Gasteiger partial charge in [0.15, 0.2) is 17.3 Å². The quantitative estimate of drug-likeness (QED) is 0.781. The van der Waals surface area contributed by atoms with Gasteiger partial charge in [-0.3, -0.25) is 4.98 Å². The molecule has 0 bridgehead atoms. The highest BCUT2D eigenvalue weighted by atomic mass is 16.5. The standard InChI is InChI=1S/C17H18N4O2/c1-4-19-17-16(11-5-7-18-8-6-11)20-12-9-14(22-2)15(23-3)10-13(12)21-17/h5-10H,4H2,1-3H3,(H,19,21). The summed E-state index contributed by atoms with van der Waals surface area (Å²) in [5, 5.41) is 3.27. The second kappa shape index (κ2) is 6.48. The zero-order chi connectivity index (χ0) is 16.2. The lowest BCUT2D eigenvalue weighted by Gasteiger charge is -2.13. The molecule has 0 aliphatic carbocycles. The van der Waals surface area contributed by atoms with Crippen molar-refractivity contribution in [3.63, 3.8) is 0 Å². The van der Waals surface area contributed by atoms with Crippen LogP contribution in [0.2, 0.25) is 0 Å². The smallest absolute Gasteiger partial charge is 0.163 e. The maximum atomic E-state index is 5.35. The number of methoxy groups -OCH3 is 2. The Bertz CT molecular complexity index is 822. The summed E-state index contributed by atoms with van der Waals surface area (Å²) in [5.41, 5.74) is 3.24. The molecule has 0 saturated carbocycles. The number of rotatable bonds is 5. The Morgan fingerprint density at radius 1 is 0.957 bits per heavy atom. The van der Waals surface area contributed by atoms with E-state index in [-0.39, 0.29) is 0 Å². The van der Waals surface area contributed by atoms with Gasteiger partial charge in [0.05, 0.1) is 25.3 Å². The molecule has 0 unspecified atom stereocenters. The number of nitrogens with one attached hydrogen (secondary N) is 1. The summed E-state index contributed by atoms with van der Waals surface area (Å²) in [6.07, 6.45) is 3.48. The van der Waals surface area contributed by atoms with Gasteiger partial charge in [-0.1, -0.05) is 0 Å². The van der Waals surface area contributed by atoms with Crippen LogP contribution in [0.3, 0.4) is 0 Å². The Morgan fingerprint density at radius 3 is 2.13 bits per heavy atom. The largest absolute Gasteiger partial charge is 0.493 e. The van der Waals surface area contributed by atoms with Gasteiger partial charge < -0.3 is 14.8 Å². The van der Waals surface area contributed by atoms with Gasteiger partial charge in [0.1, 0.15) is 5.69 Å². The van der Waals surface area contributed by atoms with Crippen molar-refractivity contribution in [3.05, 3.63) is 36.7 Å². The van der Waals surface area contributed by atoms with Crippen LogP contribution in [-0.4, -0.2) is 35.7 Å². The van der Waals surface area contributed by atoms with Crippen LogP contribution in [0.5, 0.6) is 11.5 Å². The van der Waals surface area contributed by atoms with E-state index in [4.69, 9.17) is 19.4 Å². The fourth-order valence-corrected chi connectivity index (χ4v) is 2.39. The van der Waals surface area contributed by atoms with Gasteiger partial charge in [-0.25, -0.2) is 9.97 Å². The highest BCUT2D eigenvalue weighted by molar-refractivity contribution is 5.85. The lowest BCUT2D eigenvalue weighted by Crippen LogP contribution is -2.04. The van der Waals surface area contributed by atoms with E-state index in [0.29, 0.717) is 11.5 Å². The number of pyridine rings is 1. The van der Waals surface area contributed by atoms with Crippen molar-refractivity contribution in [2.75, 3.05) is 26.1 Å². The van der Waals surface area contributed by atoms with Gasteiger partial charge in [-0.2, -0.15) is 0 Å². The monoisotopic (exact) mass is 310 g/mol. The molecule has 1 aromatic carbocycles. The second-order valence-corrected chi connectivity index (χ2v) is 4.88. The molecule has 0 saturated heterocycles. The zero-order valence-electron chi connectivity index (χ0n) is 13.3. The van der Waals surface area contributed by atoms with Crippen LogP contribution in [0.15, 0.2) is 36.7 Å². The molecule has 6 heteroatoms. The van der Waals surface area contributed by atoms with Crippen molar-refractivity contribution >= 4 is 16.9 Å². The zero-order valence-corrected chi connectivity index (χ0v) is 13.3. The molecule has 2 aromatic heterocycles. The maximum absolute atomic E-state index is 5.35. The lowest BCUT2D eigenvalue weighted by molar-refractivity contribution is 0.355. The predicted octanol–water partition coefficient (Wildman–Crippen LogP) is 3.14. The van der Waals surface area contributed by atoms with E-state index in [1.807, 2.05) is 31.2 Å². The number of hydrogen-bond acceptors (Lipinski definition) is 6. The number of anilines is 1. The first-order valence-electron chi connectivity index (χ1n) is 7.34. The molecule has 6 nitrogen and oxygen atoms in total. The molecule has 2 heterocycles. The van der Waals surface area contributed by atoms with Crippen LogP contribution < -0.4 is 14.8 Å². The highest BCUT2D eigenvalue weighted by Crippen LogP contribution is 2.33. The fraction of sp³-hybridized carbons (Fsp3) is 0.235. The highest BCUT2D eigenvalue weighted by Gasteiger charge is 2.13. The van der Waals surface area contributed by atoms with Gasteiger partial charge in [0, 0.05) is 36.6 Å². The van der Waals surface area contributed by atoms with E-state index in [9.17, 15) is 0 Å². The Balaban J connectivity index is 2.24. The molecule has 0 atom stereocenters. The molecule has 23 heavy (non-hydrogen) atoms. The molecule has 0 spiro atoms. The predicted molar refractivity (Wildman–Crippen MR) is 90.0 cm³/mol. The average Bonchev–Trinajstić information content (AvgIpc) is 2.61. The first-order valence-corrected chi connectivity index (χ1v) is 7.34. The Labute approximate surface area is 134 Å². The number of nitrogens with zero attached hydrogens (tertiary/aromatic N) is 3. The number of fused-ring (bicyclic) bond motifs is 1. The van der Waals surface area contributed by atoms with Gasteiger partial charge in [0.2, 0.25) is 0 Å². The lowest BCUT2D eigenvalue weighted by atomic mass is 10.1. The van der Waals surface area contributed by atoms with Crippen LogP contribution in [0.1, 0.15) is 6.92 Å². The molecule has 118 valence electrons. The minimum absolute atomic E-state index is 0.631. The number of hydrogen-bond donors (Lipinski definition) is 1. The topological polar surface area (TPSA) is 69.2 Å². The van der Waals surface area contributed by atoms with E-state index < -0.39 is 0 Å². The summed E-state index contributed by atoms with van der Waals surface area (Å²) in [4.78, 5) is 13.5. The number of benzene rings is 1. The third kappa shape index (κ3) is 2.88. The van der Waals surface area contributed by atoms with Crippen LogP contribution in [0, 0.1) is 0 Å². The third-order valence-electron chi connectivity index (χ3n) is 3.47. The Kier molecular flexibility index (Phi) is 4.23. The van der Waals surface area contributed by atoms with Crippen LogP contribution in [-0.2, 0) is 0 Å². The van der Waals surface area contributed by atoms with E-state index in [0.717, 1.165) is 34.7 Å². The molecular formula is C17H18N4O2. The van der Waals surface area contributed by atoms with Crippen molar-refractivity contribution < 1.29 is 9.47 Å². The van der Waals surface area contributed by atoms with Gasteiger partial charge in [-0.15, -0.1) is 0 Å². The van der Waals surface area contributed by atoms with Gasteiger partial charge in [-0.05, 0) is 19.1 Å². The Morgan fingerprint density at radius 2 is 1.57 bits per heavy atom. The van der Waals surface area contributed by atoms with Crippen molar-refractivity contribution in [2.45, 2.75) is 6.92 Å². The van der Waals surface area contributed by atoms with Crippen LogP contribution in [0.25, 0.3) is 22.3 Å². The van der Waals surface area contributed by atoms with E-state index in [1.165, 1.54) is 0 Å². The molecule has 0 aliphatic rings. The number of aromatic nitrogens is 3. The van der Waals surface area contributed by atoms with Crippen LogP contribution in [0.4, 0.5) is 5.82 Å². The SMILES string of the molecule is CCNc1nc2cc(OC)c(OC)cc2nc1-c1ccncc1. The first-order chi connectivity index (χ1) is 11.3. The summed E-state index contributed by atoms with van der Waals surface area (Å²) in [7, 11) is 3.21. The second-order valence-electron chi connectivity index (χ2n) is 4.88. The van der Waals surface area contributed by atoms with Crippen molar-refractivity contribution in [1.82, 2.24) is 15.0 Å². The van der Waals surface area contributed by atoms with Crippen LogP contribution >= 0.6 is 0 Å². The van der Waals surface area contributed by atoms with E-state index in [1.54, 1.807) is 26.6 Å². The van der Waals surface area contributed by atoms with E-state index in [2.05, 4.69) is 10.3 Å². The molecule has 0 fully saturated rings. The minimum Gasteiger partial charge on any atom is -0.493 e. The summed E-state index contributed by atoms with van der Waals surface area (Å²) >= 11 is 0. The molecule has 0 aliphatic heterocycles. The molecular weight excluding hydrogens is 292 g/mol. The third-order valence-corrected chi connectivity index (χ3v) is 3.47. The van der Waals surface area contributed by atoms with Gasteiger partial charge in [0.25, 0.3) is 0 Å². The fourth-order valence-electron chi connectivity index (χ4n) is 2.39. The average molecular weight is 310 g/mol. The summed E-state index contributed by atoms with van der Waals surface area (Å²) in [6, 6.07) is 7.49. The van der Waals surface area contributed by atoms with Crippen molar-refractivity contribution in [2.24, 2.45) is 0 Å².